The van der Waals surface area contributed by atoms with Crippen LogP contribution in [-0.2, 0) is 21.4 Å². The number of hydrogen-bond donors (Lipinski definition) is 1. The van der Waals surface area contributed by atoms with Gasteiger partial charge < -0.3 is 5.32 Å². The van der Waals surface area contributed by atoms with Gasteiger partial charge in [-0.25, -0.2) is 0 Å². The van der Waals surface area contributed by atoms with Gasteiger partial charge in [0, 0.05) is 39.1 Å². The third-order valence-corrected chi connectivity index (χ3v) is 6.65. The Bertz CT molecular complexity index is 653. The summed E-state index contributed by atoms with van der Waals surface area (Å²) in [5.41, 5.74) is 1.27. The van der Waals surface area contributed by atoms with Crippen LogP contribution in [-0.4, -0.2) is 56.2 Å². The molecule has 0 unspecified atom stereocenters. The van der Waals surface area contributed by atoms with Crippen LogP contribution in [0.3, 0.4) is 0 Å². The van der Waals surface area contributed by atoms with Crippen molar-refractivity contribution in [1.29, 1.82) is 0 Å². The standard InChI is InChI=1S/C18H29N3O3S/c1-15(9-10-16-7-5-4-6-8-16)19-18(22)17-11-13-21(14-12-17)25(23,24)20(2)3/h4-8,15,17H,9-14H2,1-3H3,(H,19,22)/t15-/m1/s1. The molecule has 0 bridgehead atoms. The number of nitrogens with zero attached hydrogens (tertiary/aromatic N) is 2. The van der Waals surface area contributed by atoms with Crippen LogP contribution in [0.5, 0.6) is 0 Å². The summed E-state index contributed by atoms with van der Waals surface area (Å²) in [4.78, 5) is 12.4. The fourth-order valence-electron chi connectivity index (χ4n) is 3.04. The first-order valence-electron chi connectivity index (χ1n) is 8.82. The molecule has 1 amide bonds. The maximum Gasteiger partial charge on any atom is 0.281 e. The highest BCUT2D eigenvalue weighted by Crippen LogP contribution is 2.21. The Balaban J connectivity index is 1.76. The Kier molecular flexibility index (Phi) is 6.98. The van der Waals surface area contributed by atoms with Gasteiger partial charge in [-0.2, -0.15) is 17.0 Å². The maximum atomic E-state index is 12.4. The summed E-state index contributed by atoms with van der Waals surface area (Å²) in [6.45, 7) is 2.82. The minimum absolute atomic E-state index is 0.0439. The van der Waals surface area contributed by atoms with Crippen LogP contribution in [0.4, 0.5) is 0 Å². The van der Waals surface area contributed by atoms with Crippen LogP contribution in [0.15, 0.2) is 30.3 Å². The molecule has 1 heterocycles. The molecule has 1 aliphatic rings. The summed E-state index contributed by atoms with van der Waals surface area (Å²) >= 11 is 0. The summed E-state index contributed by atoms with van der Waals surface area (Å²) in [6, 6.07) is 10.3. The topological polar surface area (TPSA) is 69.7 Å². The molecule has 0 saturated carbocycles. The quantitative estimate of drug-likeness (QED) is 0.796. The molecule has 0 aliphatic carbocycles. The maximum absolute atomic E-state index is 12.4. The summed E-state index contributed by atoms with van der Waals surface area (Å²) in [5.74, 6) is -0.0600. The Morgan fingerprint density at radius 1 is 1.24 bits per heavy atom. The first-order chi connectivity index (χ1) is 11.8. The molecule has 1 atom stereocenters. The van der Waals surface area contributed by atoms with Crippen LogP contribution < -0.4 is 5.32 Å². The molecule has 2 rings (SSSR count). The second-order valence-electron chi connectivity index (χ2n) is 6.90. The minimum Gasteiger partial charge on any atom is -0.353 e. The van der Waals surface area contributed by atoms with Crippen LogP contribution in [0.2, 0.25) is 0 Å². The van der Waals surface area contributed by atoms with Gasteiger partial charge in [0.05, 0.1) is 0 Å². The fourth-order valence-corrected chi connectivity index (χ4v) is 4.17. The van der Waals surface area contributed by atoms with E-state index in [0.717, 1.165) is 12.8 Å². The van der Waals surface area contributed by atoms with E-state index in [4.69, 9.17) is 0 Å². The third-order valence-electron chi connectivity index (χ3n) is 4.71. The Labute approximate surface area is 151 Å². The van der Waals surface area contributed by atoms with Gasteiger partial charge in [0.1, 0.15) is 0 Å². The molecular formula is C18H29N3O3S. The van der Waals surface area contributed by atoms with E-state index < -0.39 is 10.2 Å². The molecule has 0 radical (unpaired) electrons. The zero-order chi connectivity index (χ0) is 18.4. The first-order valence-corrected chi connectivity index (χ1v) is 10.2. The highest BCUT2D eigenvalue weighted by Gasteiger charge is 2.32. The molecular weight excluding hydrogens is 338 g/mol. The third kappa shape index (κ3) is 5.52. The summed E-state index contributed by atoms with van der Waals surface area (Å²) in [7, 11) is -0.316. The molecule has 6 nitrogen and oxygen atoms in total. The number of benzene rings is 1. The van der Waals surface area contributed by atoms with E-state index in [9.17, 15) is 13.2 Å². The van der Waals surface area contributed by atoms with E-state index in [1.165, 1.54) is 28.3 Å². The number of rotatable bonds is 7. The van der Waals surface area contributed by atoms with E-state index in [-0.39, 0.29) is 17.9 Å². The van der Waals surface area contributed by atoms with Crippen molar-refractivity contribution in [3.8, 4) is 0 Å². The zero-order valence-corrected chi connectivity index (χ0v) is 16.1. The SMILES string of the molecule is C[C@H](CCc1ccccc1)NC(=O)C1CCN(S(=O)(=O)N(C)C)CC1. The average molecular weight is 368 g/mol. The number of piperidine rings is 1. The van der Waals surface area contributed by atoms with Gasteiger partial charge in [0.25, 0.3) is 10.2 Å². The molecule has 1 fully saturated rings. The molecule has 1 aromatic rings. The largest absolute Gasteiger partial charge is 0.353 e. The molecule has 1 aromatic carbocycles. The van der Waals surface area contributed by atoms with E-state index in [0.29, 0.717) is 25.9 Å². The van der Waals surface area contributed by atoms with Gasteiger partial charge in [-0.1, -0.05) is 30.3 Å². The predicted octanol–water partition coefficient (Wildman–Crippen LogP) is 1.64. The van der Waals surface area contributed by atoms with E-state index in [1.54, 1.807) is 0 Å². The van der Waals surface area contributed by atoms with Gasteiger partial charge in [0.15, 0.2) is 0 Å². The van der Waals surface area contributed by atoms with Crippen LogP contribution in [0, 0.1) is 5.92 Å². The van der Waals surface area contributed by atoms with Gasteiger partial charge in [-0.05, 0) is 38.2 Å². The van der Waals surface area contributed by atoms with Gasteiger partial charge in [-0.3, -0.25) is 4.79 Å². The minimum atomic E-state index is -3.38. The van der Waals surface area contributed by atoms with Crippen molar-refractivity contribution in [2.45, 2.75) is 38.6 Å². The average Bonchev–Trinajstić information content (AvgIpc) is 2.60. The number of aryl methyl sites for hydroxylation is 1. The lowest BCUT2D eigenvalue weighted by molar-refractivity contribution is -0.126. The molecule has 140 valence electrons. The van der Waals surface area contributed by atoms with Crippen LogP contribution >= 0.6 is 0 Å². The molecule has 0 aromatic heterocycles. The van der Waals surface area contributed by atoms with Crippen molar-refractivity contribution in [3.63, 3.8) is 0 Å². The van der Waals surface area contributed by atoms with E-state index >= 15 is 0 Å². The normalized spacial score (nSPS) is 18.2. The van der Waals surface area contributed by atoms with Gasteiger partial charge >= 0.3 is 0 Å². The summed E-state index contributed by atoms with van der Waals surface area (Å²) in [6.07, 6.45) is 2.97. The first kappa shape index (κ1) is 19.9. The molecule has 25 heavy (non-hydrogen) atoms. The zero-order valence-electron chi connectivity index (χ0n) is 15.3. The number of carbonyl (C=O) groups is 1. The molecule has 0 spiro atoms. The molecule has 1 aliphatic heterocycles. The van der Waals surface area contributed by atoms with Gasteiger partial charge in [-0.15, -0.1) is 0 Å². The fraction of sp³-hybridized carbons (Fsp3) is 0.611. The van der Waals surface area contributed by atoms with Crippen LogP contribution in [0.1, 0.15) is 31.7 Å². The lowest BCUT2D eigenvalue weighted by atomic mass is 9.96. The second kappa shape index (κ2) is 8.78. The molecule has 7 heteroatoms. The Morgan fingerprint density at radius 2 is 1.84 bits per heavy atom. The van der Waals surface area contributed by atoms with Crippen molar-refractivity contribution in [1.82, 2.24) is 13.9 Å². The van der Waals surface area contributed by atoms with Crippen molar-refractivity contribution in [2.75, 3.05) is 27.2 Å². The molecule has 1 N–H and O–H groups in total. The molecule has 1 saturated heterocycles. The second-order valence-corrected chi connectivity index (χ2v) is 9.04. The Morgan fingerprint density at radius 3 is 2.40 bits per heavy atom. The van der Waals surface area contributed by atoms with Crippen molar-refractivity contribution < 1.29 is 13.2 Å². The Hall–Kier alpha value is -1.44. The lowest BCUT2D eigenvalue weighted by Gasteiger charge is -2.32. The lowest BCUT2D eigenvalue weighted by Crippen LogP contribution is -2.47. The van der Waals surface area contributed by atoms with Crippen LogP contribution in [0.25, 0.3) is 0 Å². The van der Waals surface area contributed by atoms with Gasteiger partial charge in [0.2, 0.25) is 5.91 Å². The smallest absolute Gasteiger partial charge is 0.281 e. The summed E-state index contributed by atoms with van der Waals surface area (Å²) < 4.78 is 26.9. The number of nitrogens with one attached hydrogen (secondary N) is 1. The van der Waals surface area contributed by atoms with Crippen molar-refractivity contribution in [3.05, 3.63) is 35.9 Å². The van der Waals surface area contributed by atoms with E-state index in [1.807, 2.05) is 25.1 Å². The number of hydrogen-bond acceptors (Lipinski definition) is 3. The number of carbonyl (C=O) groups excluding carboxylic acids is 1. The monoisotopic (exact) mass is 367 g/mol. The van der Waals surface area contributed by atoms with Crippen molar-refractivity contribution >= 4 is 16.1 Å². The van der Waals surface area contributed by atoms with Crippen molar-refractivity contribution in [2.24, 2.45) is 5.92 Å². The predicted molar refractivity (Wildman–Crippen MR) is 99.3 cm³/mol. The van der Waals surface area contributed by atoms with E-state index in [2.05, 4.69) is 17.4 Å². The highest BCUT2D eigenvalue weighted by molar-refractivity contribution is 7.86. The summed E-state index contributed by atoms with van der Waals surface area (Å²) in [5, 5.41) is 3.08. The highest BCUT2D eigenvalue weighted by atomic mass is 32.2. The number of amides is 1.